The molecule has 1 heteroatoms. The third kappa shape index (κ3) is 1.54. The van der Waals surface area contributed by atoms with Gasteiger partial charge in [0, 0.05) is 0 Å². The van der Waals surface area contributed by atoms with E-state index in [1.165, 1.54) is 32.1 Å². The first-order valence-corrected chi connectivity index (χ1v) is 7.19. The standard InChI is InChI=1S/C16H26O/c1-12-5-6-13(14(12,2)3)16-9-7-15(4,8-10-16)17-11-16/h5,13H,6-11H2,1-4H3. The number of fused-ring (bicyclic) bond motifs is 3. The monoisotopic (exact) mass is 234 g/mol. The fraction of sp³-hybridized carbons (Fsp3) is 0.875. The van der Waals surface area contributed by atoms with Crippen LogP contribution >= 0.6 is 0 Å². The summed E-state index contributed by atoms with van der Waals surface area (Å²) in [6.45, 7) is 10.5. The van der Waals surface area contributed by atoms with Gasteiger partial charge in [-0.25, -0.2) is 0 Å². The molecule has 1 atom stereocenters. The Morgan fingerprint density at radius 3 is 2.18 bits per heavy atom. The number of hydrogen-bond acceptors (Lipinski definition) is 1. The Balaban J connectivity index is 1.87. The Labute approximate surface area is 106 Å². The van der Waals surface area contributed by atoms with Crippen molar-refractivity contribution < 1.29 is 4.74 Å². The van der Waals surface area contributed by atoms with Gasteiger partial charge in [0.2, 0.25) is 0 Å². The molecule has 0 radical (unpaired) electrons. The average Bonchev–Trinajstić information content (AvgIpc) is 2.56. The maximum absolute atomic E-state index is 6.19. The number of hydrogen-bond donors (Lipinski definition) is 0. The van der Waals surface area contributed by atoms with Crippen LogP contribution in [0.5, 0.6) is 0 Å². The lowest BCUT2D eigenvalue weighted by Gasteiger charge is -2.57. The van der Waals surface area contributed by atoms with Crippen molar-refractivity contribution >= 4 is 0 Å². The van der Waals surface area contributed by atoms with E-state index >= 15 is 0 Å². The molecule has 2 aliphatic heterocycles. The lowest BCUT2D eigenvalue weighted by atomic mass is 9.55. The second kappa shape index (κ2) is 3.38. The molecule has 0 aromatic rings. The molecule has 3 fully saturated rings. The van der Waals surface area contributed by atoms with Crippen molar-refractivity contribution in [3.8, 4) is 0 Å². The molecule has 1 unspecified atom stereocenters. The van der Waals surface area contributed by atoms with Crippen molar-refractivity contribution in [2.45, 2.75) is 65.4 Å². The van der Waals surface area contributed by atoms with E-state index in [0.29, 0.717) is 10.8 Å². The summed E-state index contributed by atoms with van der Waals surface area (Å²) in [5.41, 5.74) is 2.67. The molecule has 1 saturated carbocycles. The summed E-state index contributed by atoms with van der Waals surface area (Å²) in [7, 11) is 0. The molecular weight excluding hydrogens is 208 g/mol. The lowest BCUT2D eigenvalue weighted by molar-refractivity contribution is -0.199. The average molecular weight is 234 g/mol. The van der Waals surface area contributed by atoms with Gasteiger partial charge in [0.05, 0.1) is 12.2 Å². The highest BCUT2D eigenvalue weighted by Crippen LogP contribution is 2.60. The third-order valence-corrected chi connectivity index (χ3v) is 6.30. The summed E-state index contributed by atoms with van der Waals surface area (Å²) < 4.78 is 6.19. The molecule has 1 nitrogen and oxygen atoms in total. The minimum absolute atomic E-state index is 0.215. The third-order valence-electron chi connectivity index (χ3n) is 6.30. The topological polar surface area (TPSA) is 9.23 Å². The normalized spacial score (nSPS) is 48.2. The number of allylic oxidation sites excluding steroid dienone is 2. The predicted octanol–water partition coefficient (Wildman–Crippen LogP) is 4.33. The molecule has 2 bridgehead atoms. The van der Waals surface area contributed by atoms with Crippen LogP contribution in [0.15, 0.2) is 11.6 Å². The highest BCUT2D eigenvalue weighted by atomic mass is 16.5. The second-order valence-electron chi connectivity index (χ2n) is 7.50. The van der Waals surface area contributed by atoms with Gasteiger partial charge in [-0.15, -0.1) is 0 Å². The fourth-order valence-electron chi connectivity index (χ4n) is 4.48. The van der Waals surface area contributed by atoms with E-state index in [4.69, 9.17) is 4.74 Å². The van der Waals surface area contributed by atoms with Gasteiger partial charge in [-0.1, -0.05) is 25.5 Å². The molecule has 2 aliphatic carbocycles. The van der Waals surface area contributed by atoms with Crippen LogP contribution in [0.25, 0.3) is 0 Å². The van der Waals surface area contributed by atoms with Gasteiger partial charge in [0.1, 0.15) is 0 Å². The maximum atomic E-state index is 6.19. The van der Waals surface area contributed by atoms with Crippen molar-refractivity contribution in [1.29, 1.82) is 0 Å². The molecule has 4 aliphatic rings. The van der Waals surface area contributed by atoms with Crippen LogP contribution in [-0.2, 0) is 4.74 Å². The Morgan fingerprint density at radius 1 is 1.12 bits per heavy atom. The summed E-state index contributed by atoms with van der Waals surface area (Å²) in [6.07, 6.45) is 9.08. The van der Waals surface area contributed by atoms with Gasteiger partial charge in [-0.05, 0) is 62.7 Å². The van der Waals surface area contributed by atoms with Gasteiger partial charge >= 0.3 is 0 Å². The van der Waals surface area contributed by atoms with Crippen LogP contribution in [0.4, 0.5) is 0 Å². The van der Waals surface area contributed by atoms with E-state index in [9.17, 15) is 0 Å². The highest BCUT2D eigenvalue weighted by molar-refractivity contribution is 5.22. The summed E-state index contributed by atoms with van der Waals surface area (Å²) in [6, 6.07) is 0. The van der Waals surface area contributed by atoms with Crippen LogP contribution in [0.1, 0.15) is 59.8 Å². The zero-order valence-corrected chi connectivity index (χ0v) is 11.8. The molecule has 0 amide bonds. The molecule has 96 valence electrons. The molecule has 0 spiro atoms. The summed E-state index contributed by atoms with van der Waals surface area (Å²) in [4.78, 5) is 0. The largest absolute Gasteiger partial charge is 0.375 e. The molecule has 17 heavy (non-hydrogen) atoms. The molecule has 2 heterocycles. The van der Waals surface area contributed by atoms with E-state index in [1.807, 2.05) is 0 Å². The van der Waals surface area contributed by atoms with Gasteiger partial charge in [0.15, 0.2) is 0 Å². The molecular formula is C16H26O. The van der Waals surface area contributed by atoms with Crippen molar-refractivity contribution in [2.75, 3.05) is 6.61 Å². The van der Waals surface area contributed by atoms with E-state index in [0.717, 1.165) is 12.5 Å². The molecule has 0 aromatic carbocycles. The van der Waals surface area contributed by atoms with Gasteiger partial charge in [-0.2, -0.15) is 0 Å². The van der Waals surface area contributed by atoms with E-state index in [2.05, 4.69) is 33.8 Å². The van der Waals surface area contributed by atoms with Crippen LogP contribution in [0.2, 0.25) is 0 Å². The Morgan fingerprint density at radius 2 is 1.76 bits per heavy atom. The minimum atomic E-state index is 0.215. The van der Waals surface area contributed by atoms with Gasteiger partial charge in [0.25, 0.3) is 0 Å². The minimum Gasteiger partial charge on any atom is -0.375 e. The first-order valence-electron chi connectivity index (χ1n) is 7.19. The molecule has 4 rings (SSSR count). The quantitative estimate of drug-likeness (QED) is 0.614. The first kappa shape index (κ1) is 11.8. The van der Waals surface area contributed by atoms with Crippen molar-refractivity contribution in [1.82, 2.24) is 0 Å². The van der Waals surface area contributed by atoms with E-state index in [1.54, 1.807) is 5.57 Å². The fourth-order valence-corrected chi connectivity index (χ4v) is 4.48. The maximum Gasteiger partial charge on any atom is 0.0655 e. The van der Waals surface area contributed by atoms with Crippen LogP contribution in [0, 0.1) is 16.7 Å². The zero-order valence-electron chi connectivity index (χ0n) is 11.8. The lowest BCUT2D eigenvalue weighted by Crippen LogP contribution is -2.54. The Bertz CT molecular complexity index is 339. The molecule has 0 aromatic heterocycles. The Kier molecular flexibility index (Phi) is 2.34. The van der Waals surface area contributed by atoms with Crippen molar-refractivity contribution in [2.24, 2.45) is 16.7 Å². The van der Waals surface area contributed by atoms with E-state index in [-0.39, 0.29) is 5.60 Å². The van der Waals surface area contributed by atoms with Crippen molar-refractivity contribution in [3.63, 3.8) is 0 Å². The summed E-state index contributed by atoms with van der Waals surface area (Å²) >= 11 is 0. The van der Waals surface area contributed by atoms with Crippen LogP contribution in [-0.4, -0.2) is 12.2 Å². The smallest absolute Gasteiger partial charge is 0.0655 e. The summed E-state index contributed by atoms with van der Waals surface area (Å²) in [5.74, 6) is 0.805. The zero-order chi connectivity index (χ0) is 12.3. The summed E-state index contributed by atoms with van der Waals surface area (Å²) in [5, 5.41) is 0. The number of ether oxygens (including phenoxy) is 1. The van der Waals surface area contributed by atoms with Gasteiger partial charge < -0.3 is 4.74 Å². The van der Waals surface area contributed by atoms with E-state index < -0.39 is 0 Å². The predicted molar refractivity (Wildman–Crippen MR) is 70.9 cm³/mol. The first-order chi connectivity index (χ1) is 7.88. The Hall–Kier alpha value is -0.300. The molecule has 0 N–H and O–H groups in total. The SMILES string of the molecule is CC1=CCC(C23CCC(C)(CC2)OC3)C1(C)C. The number of rotatable bonds is 1. The van der Waals surface area contributed by atoms with Crippen LogP contribution in [0.3, 0.4) is 0 Å². The van der Waals surface area contributed by atoms with Gasteiger partial charge in [-0.3, -0.25) is 0 Å². The second-order valence-corrected chi connectivity index (χ2v) is 7.50. The van der Waals surface area contributed by atoms with Crippen molar-refractivity contribution in [3.05, 3.63) is 11.6 Å². The molecule has 2 saturated heterocycles. The highest BCUT2D eigenvalue weighted by Gasteiger charge is 2.55. The van der Waals surface area contributed by atoms with Crippen LogP contribution < -0.4 is 0 Å².